The molecule has 0 aliphatic rings. The summed E-state index contributed by atoms with van der Waals surface area (Å²) in [5.41, 5.74) is 0.994. The van der Waals surface area contributed by atoms with Crippen LogP contribution in [0.25, 0.3) is 0 Å². The van der Waals surface area contributed by atoms with Gasteiger partial charge in [-0.25, -0.2) is 0 Å². The molecule has 2 rings (SSSR count). The SMILES string of the molecule is Clc1ccc(OCc2[c-]cccc2)cc1Cl.[Br-].[Mg+2]. The van der Waals surface area contributed by atoms with E-state index in [-0.39, 0.29) is 40.0 Å². The van der Waals surface area contributed by atoms with Gasteiger partial charge < -0.3 is 21.7 Å². The molecule has 0 saturated carbocycles. The van der Waals surface area contributed by atoms with Gasteiger partial charge in [0.2, 0.25) is 0 Å². The van der Waals surface area contributed by atoms with Crippen LogP contribution in [0.1, 0.15) is 5.56 Å². The molecule has 18 heavy (non-hydrogen) atoms. The molecular formula is C13H9BrCl2MgO. The first-order valence-electron chi connectivity index (χ1n) is 4.79. The molecule has 2 aromatic rings. The van der Waals surface area contributed by atoms with Crippen LogP contribution in [0.2, 0.25) is 10.0 Å². The zero-order valence-corrected chi connectivity index (χ0v) is 14.0. The van der Waals surface area contributed by atoms with Gasteiger partial charge in [-0.05, 0) is 12.1 Å². The average molecular weight is 356 g/mol. The fourth-order valence-electron chi connectivity index (χ4n) is 1.25. The molecule has 90 valence electrons. The van der Waals surface area contributed by atoms with Crippen molar-refractivity contribution in [3.8, 4) is 5.75 Å². The molecule has 0 atom stereocenters. The van der Waals surface area contributed by atoms with Gasteiger partial charge >= 0.3 is 23.1 Å². The van der Waals surface area contributed by atoms with E-state index in [1.807, 2.05) is 24.3 Å². The summed E-state index contributed by atoms with van der Waals surface area (Å²) in [6, 6.07) is 16.0. The fraction of sp³-hybridized carbons (Fsp3) is 0.0769. The van der Waals surface area contributed by atoms with Crippen molar-refractivity contribution in [3.63, 3.8) is 0 Å². The molecule has 0 spiro atoms. The maximum Gasteiger partial charge on any atom is 2.00 e. The molecule has 0 saturated heterocycles. The third-order valence-electron chi connectivity index (χ3n) is 2.06. The summed E-state index contributed by atoms with van der Waals surface area (Å²) in [5, 5.41) is 1.02. The smallest absolute Gasteiger partial charge is 1.00 e. The van der Waals surface area contributed by atoms with Crippen LogP contribution >= 0.6 is 23.2 Å². The van der Waals surface area contributed by atoms with Crippen LogP contribution in [0.15, 0.2) is 42.5 Å². The number of benzene rings is 2. The normalized spacial score (nSPS) is 9.00. The van der Waals surface area contributed by atoms with Crippen molar-refractivity contribution in [1.29, 1.82) is 0 Å². The van der Waals surface area contributed by atoms with E-state index >= 15 is 0 Å². The molecule has 0 bridgehead atoms. The summed E-state index contributed by atoms with van der Waals surface area (Å²) in [5.74, 6) is 0.701. The third kappa shape index (κ3) is 5.37. The number of hydrogen-bond acceptors (Lipinski definition) is 1. The van der Waals surface area contributed by atoms with Crippen molar-refractivity contribution in [1.82, 2.24) is 0 Å². The van der Waals surface area contributed by atoms with Gasteiger partial charge in [0.1, 0.15) is 5.75 Å². The predicted molar refractivity (Wildman–Crippen MR) is 71.8 cm³/mol. The van der Waals surface area contributed by atoms with Crippen LogP contribution < -0.4 is 21.7 Å². The first-order valence-corrected chi connectivity index (χ1v) is 5.55. The topological polar surface area (TPSA) is 9.23 Å². The van der Waals surface area contributed by atoms with Crippen molar-refractivity contribution in [2.75, 3.05) is 0 Å². The van der Waals surface area contributed by atoms with Crippen molar-refractivity contribution in [3.05, 3.63) is 64.1 Å². The van der Waals surface area contributed by atoms with Crippen LogP contribution in [0, 0.1) is 6.07 Å². The Labute approximate surface area is 143 Å². The maximum absolute atomic E-state index is 5.88. The summed E-state index contributed by atoms with van der Waals surface area (Å²) in [6.07, 6.45) is 0. The first kappa shape index (κ1) is 18.1. The standard InChI is InChI=1S/C13H9Cl2O.BrH.Mg/c14-12-7-6-11(8-13(12)15)16-9-10-4-2-1-3-5-10;;/h1-4,6-8H,9H2;1H;/q-1;;+2/p-1. The minimum Gasteiger partial charge on any atom is -1.00 e. The van der Waals surface area contributed by atoms with Crippen molar-refractivity contribution < 1.29 is 21.7 Å². The second kappa shape index (κ2) is 9.05. The van der Waals surface area contributed by atoms with E-state index in [2.05, 4.69) is 6.07 Å². The Balaban J connectivity index is 0.00000144. The summed E-state index contributed by atoms with van der Waals surface area (Å²) in [4.78, 5) is 0. The molecule has 5 heteroatoms. The van der Waals surface area contributed by atoms with Crippen LogP contribution in [-0.4, -0.2) is 23.1 Å². The quantitative estimate of drug-likeness (QED) is 0.589. The van der Waals surface area contributed by atoms with Crippen LogP contribution in [0.5, 0.6) is 5.75 Å². The molecule has 0 aliphatic carbocycles. The van der Waals surface area contributed by atoms with Gasteiger partial charge in [0, 0.05) is 6.07 Å². The monoisotopic (exact) mass is 354 g/mol. The molecule has 1 nitrogen and oxygen atoms in total. The minimum atomic E-state index is 0. The number of hydrogen-bond donors (Lipinski definition) is 0. The van der Waals surface area contributed by atoms with E-state index in [0.29, 0.717) is 22.4 Å². The van der Waals surface area contributed by atoms with E-state index in [1.165, 1.54) is 0 Å². The fourth-order valence-corrected chi connectivity index (χ4v) is 1.54. The van der Waals surface area contributed by atoms with Gasteiger partial charge in [0.25, 0.3) is 0 Å². The van der Waals surface area contributed by atoms with Crippen molar-refractivity contribution in [2.24, 2.45) is 0 Å². The van der Waals surface area contributed by atoms with Crippen LogP contribution in [0.3, 0.4) is 0 Å². The number of halogens is 3. The first-order chi connectivity index (χ1) is 7.75. The minimum absolute atomic E-state index is 0. The largest absolute Gasteiger partial charge is 2.00 e. The molecule has 0 unspecified atom stereocenters. The zero-order chi connectivity index (χ0) is 11.4. The summed E-state index contributed by atoms with van der Waals surface area (Å²) < 4.78 is 5.55. The average Bonchev–Trinajstić information content (AvgIpc) is 2.32. The third-order valence-corrected chi connectivity index (χ3v) is 2.80. The second-order valence-electron chi connectivity index (χ2n) is 3.25. The van der Waals surface area contributed by atoms with E-state index < -0.39 is 0 Å². The Morgan fingerprint density at radius 2 is 1.83 bits per heavy atom. The van der Waals surface area contributed by atoms with Crippen LogP contribution in [0.4, 0.5) is 0 Å². The number of ether oxygens (including phenoxy) is 1. The van der Waals surface area contributed by atoms with E-state index in [0.717, 1.165) is 5.56 Å². The zero-order valence-electron chi connectivity index (χ0n) is 9.50. The molecule has 0 fully saturated rings. The molecule has 0 N–H and O–H groups in total. The van der Waals surface area contributed by atoms with Crippen molar-refractivity contribution >= 4 is 46.3 Å². The van der Waals surface area contributed by atoms with Gasteiger partial charge in [0.05, 0.1) is 16.7 Å². The predicted octanol–water partition coefficient (Wildman–Crippen LogP) is 0.996. The Morgan fingerprint density at radius 1 is 1.06 bits per heavy atom. The van der Waals surface area contributed by atoms with Crippen LogP contribution in [-0.2, 0) is 6.61 Å². The summed E-state index contributed by atoms with van der Waals surface area (Å²) in [7, 11) is 0. The molecule has 0 aliphatic heterocycles. The van der Waals surface area contributed by atoms with E-state index in [4.69, 9.17) is 27.9 Å². The molecular weight excluding hydrogens is 347 g/mol. The number of rotatable bonds is 3. The molecule has 0 aromatic heterocycles. The Hall–Kier alpha value is 0.0662. The Kier molecular flexibility index (Phi) is 9.08. The van der Waals surface area contributed by atoms with E-state index in [9.17, 15) is 0 Å². The van der Waals surface area contributed by atoms with E-state index in [1.54, 1.807) is 18.2 Å². The van der Waals surface area contributed by atoms with Gasteiger partial charge in [-0.15, -0.1) is 5.56 Å². The van der Waals surface area contributed by atoms with Gasteiger partial charge in [-0.3, -0.25) is 0 Å². The summed E-state index contributed by atoms with van der Waals surface area (Å²) >= 11 is 11.7. The summed E-state index contributed by atoms with van der Waals surface area (Å²) in [6.45, 7) is 0.471. The van der Waals surface area contributed by atoms with Crippen molar-refractivity contribution in [2.45, 2.75) is 6.61 Å². The van der Waals surface area contributed by atoms with Gasteiger partial charge in [0.15, 0.2) is 0 Å². The van der Waals surface area contributed by atoms with Gasteiger partial charge in [-0.2, -0.15) is 30.3 Å². The molecule has 0 radical (unpaired) electrons. The molecule has 0 heterocycles. The molecule has 2 aromatic carbocycles. The molecule has 0 amide bonds. The van der Waals surface area contributed by atoms with Gasteiger partial charge in [-0.1, -0.05) is 23.2 Å². The second-order valence-corrected chi connectivity index (χ2v) is 4.07. The maximum atomic E-state index is 5.88. The Bertz CT molecular complexity index is 480. The Morgan fingerprint density at radius 3 is 2.44 bits per heavy atom.